The third-order valence-electron chi connectivity index (χ3n) is 7.50. The van der Waals surface area contributed by atoms with Crippen molar-refractivity contribution in [2.75, 3.05) is 18.5 Å². The summed E-state index contributed by atoms with van der Waals surface area (Å²) in [5.74, 6) is -2.66. The Kier molecular flexibility index (Phi) is 9.34. The fourth-order valence-electron chi connectivity index (χ4n) is 5.91. The number of anilines is 1. The molecule has 0 spiro atoms. The molecule has 7 nitrogen and oxygen atoms in total. The van der Waals surface area contributed by atoms with Crippen LogP contribution in [0.25, 0.3) is 0 Å². The molecule has 0 saturated carbocycles. The van der Waals surface area contributed by atoms with Gasteiger partial charge in [-0.25, -0.2) is 0 Å². The summed E-state index contributed by atoms with van der Waals surface area (Å²) in [4.78, 5) is 42.7. The quantitative estimate of drug-likeness (QED) is 0.371. The molecule has 0 aromatic heterocycles. The molecule has 0 bridgehead atoms. The van der Waals surface area contributed by atoms with E-state index < -0.39 is 29.8 Å². The minimum absolute atomic E-state index is 0.125. The number of hydrogen-bond acceptors (Lipinski definition) is 5. The van der Waals surface area contributed by atoms with Gasteiger partial charge in [-0.3, -0.25) is 14.4 Å². The standard InChI is InChI=1S/C29H42N2O5/c1-7-9-20-12-13-22-25(24(20)29(35)36-8-2)28(34)31(21(16-32)14-17(3)4)26(22)27(33)30-23-15-18(5)10-11-19(23)6/h10-13,15,17,20-22,24-26,32H,7-9,14,16H2,1-6H3,(H,30,33)/t20-,21-,22+,24-,25+,26+/m1/s1. The molecule has 2 amide bonds. The number of allylic oxidation sites excluding steroid dienone is 1. The molecule has 3 rings (SSSR count). The van der Waals surface area contributed by atoms with E-state index in [2.05, 4.69) is 12.2 Å². The Labute approximate surface area is 215 Å². The highest BCUT2D eigenvalue weighted by molar-refractivity contribution is 6.02. The average molecular weight is 499 g/mol. The number of carbonyl (C=O) groups is 3. The Balaban J connectivity index is 2.07. The summed E-state index contributed by atoms with van der Waals surface area (Å²) in [6.07, 6.45) is 6.13. The van der Waals surface area contributed by atoms with E-state index in [0.717, 1.165) is 24.0 Å². The Morgan fingerprint density at radius 3 is 2.50 bits per heavy atom. The molecule has 1 saturated heterocycles. The second kappa shape index (κ2) is 12.0. The van der Waals surface area contributed by atoms with Crippen molar-refractivity contribution in [1.29, 1.82) is 0 Å². The third kappa shape index (κ3) is 5.66. The lowest BCUT2D eigenvalue weighted by atomic mass is 9.69. The van der Waals surface area contributed by atoms with Crippen molar-refractivity contribution in [1.82, 2.24) is 4.90 Å². The van der Waals surface area contributed by atoms with E-state index in [1.165, 1.54) is 0 Å². The van der Waals surface area contributed by atoms with Crippen LogP contribution in [0.3, 0.4) is 0 Å². The first kappa shape index (κ1) is 27.9. The SMILES string of the molecule is CCC[C@@H]1C=C[C@H]2[C@H](C(=O)N([C@@H](CO)CC(C)C)[C@@H]2C(=O)Nc2cc(C)ccc2C)[C@@H]1C(=O)OCC. The van der Waals surface area contributed by atoms with E-state index in [4.69, 9.17) is 4.74 Å². The maximum absolute atomic E-state index is 14.1. The fourth-order valence-corrected chi connectivity index (χ4v) is 5.91. The molecule has 1 aromatic rings. The number of aliphatic hydroxyl groups is 1. The van der Waals surface area contributed by atoms with Gasteiger partial charge in [-0.05, 0) is 62.6 Å². The molecule has 7 heteroatoms. The maximum Gasteiger partial charge on any atom is 0.310 e. The first-order valence-corrected chi connectivity index (χ1v) is 13.3. The number of hydrogen-bond donors (Lipinski definition) is 2. The normalized spacial score (nSPS) is 26.2. The molecule has 0 unspecified atom stereocenters. The van der Waals surface area contributed by atoms with Crippen LogP contribution in [0, 0.1) is 43.4 Å². The molecule has 198 valence electrons. The van der Waals surface area contributed by atoms with Crippen LogP contribution in [0.15, 0.2) is 30.4 Å². The second-order valence-corrected chi connectivity index (χ2v) is 10.7. The van der Waals surface area contributed by atoms with Crippen molar-refractivity contribution in [2.45, 2.75) is 72.9 Å². The molecule has 2 N–H and O–H groups in total. The lowest BCUT2D eigenvalue weighted by molar-refractivity contribution is -0.156. The first-order chi connectivity index (χ1) is 17.1. The van der Waals surface area contributed by atoms with E-state index in [1.54, 1.807) is 11.8 Å². The van der Waals surface area contributed by atoms with Crippen LogP contribution in [-0.2, 0) is 19.1 Å². The number of amides is 2. The van der Waals surface area contributed by atoms with Crippen LogP contribution in [0.5, 0.6) is 0 Å². The molecule has 1 heterocycles. The van der Waals surface area contributed by atoms with Crippen molar-refractivity contribution in [3.8, 4) is 0 Å². The highest BCUT2D eigenvalue weighted by Crippen LogP contribution is 2.47. The number of nitrogens with zero attached hydrogens (tertiary/aromatic N) is 1. The van der Waals surface area contributed by atoms with Crippen molar-refractivity contribution < 1.29 is 24.2 Å². The number of carbonyl (C=O) groups excluding carboxylic acids is 3. The van der Waals surface area contributed by atoms with E-state index >= 15 is 0 Å². The van der Waals surface area contributed by atoms with Crippen molar-refractivity contribution in [2.24, 2.45) is 29.6 Å². The van der Waals surface area contributed by atoms with Gasteiger partial charge < -0.3 is 20.1 Å². The average Bonchev–Trinajstić information content (AvgIpc) is 3.12. The molecular formula is C29H42N2O5. The monoisotopic (exact) mass is 498 g/mol. The Bertz CT molecular complexity index is 988. The maximum atomic E-state index is 14.1. The highest BCUT2D eigenvalue weighted by atomic mass is 16.5. The highest BCUT2D eigenvalue weighted by Gasteiger charge is 2.58. The van der Waals surface area contributed by atoms with Gasteiger partial charge >= 0.3 is 5.97 Å². The zero-order chi connectivity index (χ0) is 26.6. The zero-order valence-electron chi connectivity index (χ0n) is 22.5. The Morgan fingerprint density at radius 1 is 1.17 bits per heavy atom. The van der Waals surface area contributed by atoms with Crippen LogP contribution in [-0.4, -0.2) is 53.1 Å². The van der Waals surface area contributed by atoms with Gasteiger partial charge in [0.05, 0.1) is 31.1 Å². The minimum atomic E-state index is -0.825. The van der Waals surface area contributed by atoms with Crippen molar-refractivity contribution in [3.05, 3.63) is 41.5 Å². The van der Waals surface area contributed by atoms with Gasteiger partial charge in [0, 0.05) is 11.6 Å². The number of nitrogens with one attached hydrogen (secondary N) is 1. The van der Waals surface area contributed by atoms with Crippen LogP contribution in [0.1, 0.15) is 58.1 Å². The van der Waals surface area contributed by atoms with E-state index in [1.807, 2.05) is 58.0 Å². The molecular weight excluding hydrogens is 456 g/mol. The summed E-state index contributed by atoms with van der Waals surface area (Å²) in [6.45, 7) is 11.7. The number of benzene rings is 1. The number of esters is 1. The summed E-state index contributed by atoms with van der Waals surface area (Å²) in [5.41, 5.74) is 2.64. The molecule has 1 aromatic carbocycles. The molecule has 36 heavy (non-hydrogen) atoms. The van der Waals surface area contributed by atoms with Gasteiger partial charge in [-0.1, -0.05) is 51.5 Å². The smallest absolute Gasteiger partial charge is 0.310 e. The van der Waals surface area contributed by atoms with Gasteiger partial charge in [0.2, 0.25) is 11.8 Å². The summed E-state index contributed by atoms with van der Waals surface area (Å²) in [5, 5.41) is 13.4. The van der Waals surface area contributed by atoms with Gasteiger partial charge in [-0.15, -0.1) is 0 Å². The number of ether oxygens (including phenoxy) is 1. The van der Waals surface area contributed by atoms with Crippen molar-refractivity contribution >= 4 is 23.5 Å². The summed E-state index contributed by atoms with van der Waals surface area (Å²) in [6, 6.07) is 4.51. The minimum Gasteiger partial charge on any atom is -0.466 e. The van der Waals surface area contributed by atoms with E-state index in [0.29, 0.717) is 12.1 Å². The van der Waals surface area contributed by atoms with Gasteiger partial charge in [0.1, 0.15) is 6.04 Å². The van der Waals surface area contributed by atoms with Crippen LogP contribution >= 0.6 is 0 Å². The first-order valence-electron chi connectivity index (χ1n) is 13.3. The number of rotatable bonds is 10. The van der Waals surface area contributed by atoms with Crippen LogP contribution in [0.2, 0.25) is 0 Å². The van der Waals surface area contributed by atoms with E-state index in [9.17, 15) is 19.5 Å². The predicted octanol–water partition coefficient (Wildman–Crippen LogP) is 4.26. The lowest BCUT2D eigenvalue weighted by Crippen LogP contribution is -2.51. The van der Waals surface area contributed by atoms with Crippen LogP contribution < -0.4 is 5.32 Å². The molecule has 2 aliphatic rings. The van der Waals surface area contributed by atoms with Gasteiger partial charge in [0.15, 0.2) is 0 Å². The summed E-state index contributed by atoms with van der Waals surface area (Å²) < 4.78 is 5.43. The molecule has 1 aliphatic carbocycles. The van der Waals surface area contributed by atoms with E-state index in [-0.39, 0.29) is 42.8 Å². The predicted molar refractivity (Wildman–Crippen MR) is 140 cm³/mol. The lowest BCUT2D eigenvalue weighted by Gasteiger charge is -2.34. The molecule has 0 radical (unpaired) electrons. The third-order valence-corrected chi connectivity index (χ3v) is 7.50. The van der Waals surface area contributed by atoms with Gasteiger partial charge in [0.25, 0.3) is 0 Å². The van der Waals surface area contributed by atoms with Crippen molar-refractivity contribution in [3.63, 3.8) is 0 Å². The Hall–Kier alpha value is -2.67. The van der Waals surface area contributed by atoms with Gasteiger partial charge in [-0.2, -0.15) is 0 Å². The Morgan fingerprint density at radius 2 is 1.89 bits per heavy atom. The number of aliphatic hydroxyl groups excluding tert-OH is 1. The number of likely N-dealkylation sites (tertiary alicyclic amines) is 1. The molecule has 6 atom stereocenters. The largest absolute Gasteiger partial charge is 0.466 e. The summed E-state index contributed by atoms with van der Waals surface area (Å²) in [7, 11) is 0. The number of aryl methyl sites for hydroxylation is 2. The fraction of sp³-hybridized carbons (Fsp3) is 0.621. The van der Waals surface area contributed by atoms with Crippen LogP contribution in [0.4, 0.5) is 5.69 Å². The number of fused-ring (bicyclic) bond motifs is 1. The second-order valence-electron chi connectivity index (χ2n) is 10.7. The summed E-state index contributed by atoms with van der Waals surface area (Å²) >= 11 is 0. The molecule has 1 fully saturated rings. The zero-order valence-corrected chi connectivity index (χ0v) is 22.5. The molecule has 1 aliphatic heterocycles. The topological polar surface area (TPSA) is 95.9 Å².